The van der Waals surface area contributed by atoms with Gasteiger partial charge in [0.05, 0.1) is 15.7 Å². The number of nitrogens with zero attached hydrogens (tertiary/aromatic N) is 2. The van der Waals surface area contributed by atoms with E-state index in [9.17, 15) is 4.79 Å². The number of aryl methyl sites for hydroxylation is 3. The third kappa shape index (κ3) is 7.44. The lowest BCUT2D eigenvalue weighted by Crippen LogP contribution is -2.22. The fourth-order valence-electron chi connectivity index (χ4n) is 2.67. The molecule has 1 N–H and O–H groups in total. The highest BCUT2D eigenvalue weighted by molar-refractivity contribution is 7.09. The summed E-state index contributed by atoms with van der Waals surface area (Å²) >= 11 is 3.32. The molecule has 2 heterocycles. The van der Waals surface area contributed by atoms with Gasteiger partial charge in [-0.2, -0.15) is 0 Å². The first kappa shape index (κ1) is 21.2. The Bertz CT molecular complexity index is 945. The summed E-state index contributed by atoms with van der Waals surface area (Å²) in [6.07, 6.45) is 6.32. The van der Waals surface area contributed by atoms with Gasteiger partial charge in [0.2, 0.25) is 5.91 Å². The Balaban J connectivity index is 1.33. The number of unbranched alkanes of at least 4 members (excludes halogenated alkanes) is 1. The molecule has 2 aromatic heterocycles. The zero-order valence-electron chi connectivity index (χ0n) is 16.7. The summed E-state index contributed by atoms with van der Waals surface area (Å²) in [7, 11) is 0. The summed E-state index contributed by atoms with van der Waals surface area (Å²) in [5.74, 6) is 0.710. The molecule has 152 valence electrons. The van der Waals surface area contributed by atoms with E-state index in [2.05, 4.69) is 20.7 Å². The van der Waals surface area contributed by atoms with E-state index in [4.69, 9.17) is 4.74 Å². The predicted molar refractivity (Wildman–Crippen MR) is 119 cm³/mol. The monoisotopic (exact) mass is 427 g/mol. The molecular formula is C22H25N3O2S2. The Labute approximate surface area is 179 Å². The van der Waals surface area contributed by atoms with Crippen molar-refractivity contribution in [2.75, 3.05) is 6.54 Å². The molecule has 3 aromatic rings. The molecule has 0 atom stereocenters. The molecular weight excluding hydrogens is 402 g/mol. The van der Waals surface area contributed by atoms with E-state index in [1.165, 1.54) is 5.01 Å². The van der Waals surface area contributed by atoms with Crippen molar-refractivity contribution < 1.29 is 9.53 Å². The second-order valence-electron chi connectivity index (χ2n) is 6.68. The molecule has 0 aliphatic rings. The summed E-state index contributed by atoms with van der Waals surface area (Å²) in [5.41, 5.74) is 2.98. The number of hydrogen-bond donors (Lipinski definition) is 1. The van der Waals surface area contributed by atoms with Gasteiger partial charge in [-0.05, 0) is 56.9 Å². The van der Waals surface area contributed by atoms with Gasteiger partial charge in [-0.3, -0.25) is 4.79 Å². The minimum Gasteiger partial charge on any atom is -0.487 e. The van der Waals surface area contributed by atoms with Gasteiger partial charge in [0, 0.05) is 29.1 Å². The van der Waals surface area contributed by atoms with Gasteiger partial charge in [-0.1, -0.05) is 12.1 Å². The van der Waals surface area contributed by atoms with Crippen molar-refractivity contribution in [2.24, 2.45) is 0 Å². The smallest absolute Gasteiger partial charge is 0.243 e. The molecule has 7 heteroatoms. The summed E-state index contributed by atoms with van der Waals surface area (Å²) in [4.78, 5) is 20.8. The van der Waals surface area contributed by atoms with E-state index >= 15 is 0 Å². The SMILES string of the molecule is Cc1csc(CCCCNC(=O)/C=C/c2ccc(OCc3csc(C)n3)cc2)n1. The van der Waals surface area contributed by atoms with E-state index in [0.29, 0.717) is 13.2 Å². The molecule has 0 saturated carbocycles. The Morgan fingerprint density at radius 1 is 1.10 bits per heavy atom. The standard InChI is InChI=1S/C22H25N3O2S2/c1-16-14-29-22(24-16)5-3-4-12-23-21(26)11-8-18-6-9-20(10-7-18)27-13-19-15-28-17(2)25-19/h6-11,14-15H,3-5,12-13H2,1-2H3,(H,23,26)/b11-8+. The van der Waals surface area contributed by atoms with Crippen LogP contribution < -0.4 is 10.1 Å². The summed E-state index contributed by atoms with van der Waals surface area (Å²) < 4.78 is 5.73. The van der Waals surface area contributed by atoms with Crippen molar-refractivity contribution in [1.29, 1.82) is 0 Å². The van der Waals surface area contributed by atoms with E-state index < -0.39 is 0 Å². The maximum absolute atomic E-state index is 11.9. The van der Waals surface area contributed by atoms with E-state index in [1.54, 1.807) is 34.8 Å². The number of hydrogen-bond acceptors (Lipinski definition) is 6. The highest BCUT2D eigenvalue weighted by Gasteiger charge is 2.01. The minimum absolute atomic E-state index is 0.0747. The molecule has 1 aromatic carbocycles. The molecule has 29 heavy (non-hydrogen) atoms. The molecule has 0 bridgehead atoms. The van der Waals surface area contributed by atoms with Crippen LogP contribution in [0.25, 0.3) is 6.08 Å². The zero-order chi connectivity index (χ0) is 20.5. The molecule has 0 aliphatic carbocycles. The number of thiazole rings is 2. The van der Waals surface area contributed by atoms with Crippen molar-refractivity contribution in [1.82, 2.24) is 15.3 Å². The van der Waals surface area contributed by atoms with Crippen LogP contribution in [0.2, 0.25) is 0 Å². The Morgan fingerprint density at radius 3 is 2.62 bits per heavy atom. The lowest BCUT2D eigenvalue weighted by Gasteiger charge is -2.04. The van der Waals surface area contributed by atoms with Gasteiger partial charge in [0.25, 0.3) is 0 Å². The highest BCUT2D eigenvalue weighted by atomic mass is 32.1. The number of amides is 1. The molecule has 0 unspecified atom stereocenters. The fourth-order valence-corrected chi connectivity index (χ4v) is 4.08. The lowest BCUT2D eigenvalue weighted by molar-refractivity contribution is -0.116. The third-order valence-electron chi connectivity index (χ3n) is 4.14. The second kappa shape index (κ2) is 10.9. The Kier molecular flexibility index (Phi) is 7.95. The molecule has 0 fully saturated rings. The zero-order valence-corrected chi connectivity index (χ0v) is 18.3. The largest absolute Gasteiger partial charge is 0.487 e. The maximum Gasteiger partial charge on any atom is 0.243 e. The van der Waals surface area contributed by atoms with Crippen LogP contribution in [-0.2, 0) is 17.8 Å². The number of nitrogens with one attached hydrogen (secondary N) is 1. The van der Waals surface area contributed by atoms with Crippen molar-refractivity contribution >= 4 is 34.7 Å². The van der Waals surface area contributed by atoms with Gasteiger partial charge in [0.15, 0.2) is 0 Å². The van der Waals surface area contributed by atoms with Gasteiger partial charge in [-0.15, -0.1) is 22.7 Å². The molecule has 0 aliphatic heterocycles. The molecule has 3 rings (SSSR count). The third-order valence-corrected chi connectivity index (χ3v) is 5.99. The van der Waals surface area contributed by atoms with Crippen LogP contribution in [-0.4, -0.2) is 22.4 Å². The Hall–Kier alpha value is -2.51. The minimum atomic E-state index is -0.0747. The van der Waals surface area contributed by atoms with Crippen molar-refractivity contribution in [3.05, 3.63) is 68.1 Å². The second-order valence-corrected chi connectivity index (χ2v) is 8.68. The van der Waals surface area contributed by atoms with E-state index in [0.717, 1.165) is 47.0 Å². The normalized spacial score (nSPS) is 11.1. The van der Waals surface area contributed by atoms with Crippen molar-refractivity contribution in [3.8, 4) is 5.75 Å². The summed E-state index contributed by atoms with van der Waals surface area (Å²) in [6, 6.07) is 7.66. The molecule has 5 nitrogen and oxygen atoms in total. The number of carbonyl (C=O) groups is 1. The van der Waals surface area contributed by atoms with Crippen LogP contribution in [0.1, 0.15) is 39.8 Å². The summed E-state index contributed by atoms with van der Waals surface area (Å²) in [6.45, 7) is 5.13. The number of ether oxygens (including phenoxy) is 1. The van der Waals surface area contributed by atoms with Crippen molar-refractivity contribution in [3.63, 3.8) is 0 Å². The first-order valence-corrected chi connectivity index (χ1v) is 11.4. The quantitative estimate of drug-likeness (QED) is 0.367. The average Bonchev–Trinajstić information content (AvgIpc) is 3.33. The average molecular weight is 428 g/mol. The van der Waals surface area contributed by atoms with Crippen LogP contribution in [0.15, 0.2) is 41.1 Å². The fraction of sp³-hybridized carbons (Fsp3) is 0.318. The van der Waals surface area contributed by atoms with Crippen LogP contribution >= 0.6 is 22.7 Å². The Morgan fingerprint density at radius 2 is 1.93 bits per heavy atom. The van der Waals surface area contributed by atoms with Gasteiger partial charge in [0.1, 0.15) is 12.4 Å². The first-order chi connectivity index (χ1) is 14.1. The topological polar surface area (TPSA) is 64.1 Å². The number of aromatic nitrogens is 2. The number of carbonyl (C=O) groups excluding carboxylic acids is 1. The van der Waals surface area contributed by atoms with Gasteiger partial charge >= 0.3 is 0 Å². The molecule has 1 amide bonds. The predicted octanol–water partition coefficient (Wildman–Crippen LogP) is 4.95. The first-order valence-electron chi connectivity index (χ1n) is 9.59. The molecule has 0 saturated heterocycles. The van der Waals surface area contributed by atoms with Gasteiger partial charge in [-0.25, -0.2) is 9.97 Å². The van der Waals surface area contributed by atoms with E-state index in [-0.39, 0.29) is 5.91 Å². The summed E-state index contributed by atoms with van der Waals surface area (Å²) in [5, 5.41) is 9.21. The highest BCUT2D eigenvalue weighted by Crippen LogP contribution is 2.16. The number of rotatable bonds is 10. The number of benzene rings is 1. The van der Waals surface area contributed by atoms with Crippen LogP contribution in [0.4, 0.5) is 0 Å². The van der Waals surface area contributed by atoms with Crippen LogP contribution in [0.3, 0.4) is 0 Å². The molecule has 0 radical (unpaired) electrons. The lowest BCUT2D eigenvalue weighted by atomic mass is 10.2. The van der Waals surface area contributed by atoms with Crippen molar-refractivity contribution in [2.45, 2.75) is 39.7 Å². The van der Waals surface area contributed by atoms with Crippen LogP contribution in [0.5, 0.6) is 5.75 Å². The van der Waals surface area contributed by atoms with E-state index in [1.807, 2.05) is 43.5 Å². The maximum atomic E-state index is 11.9. The van der Waals surface area contributed by atoms with Crippen LogP contribution in [0, 0.1) is 13.8 Å². The van der Waals surface area contributed by atoms with Gasteiger partial charge < -0.3 is 10.1 Å². The molecule has 0 spiro atoms.